The van der Waals surface area contributed by atoms with E-state index in [1.807, 2.05) is 0 Å². The zero-order valence-corrected chi connectivity index (χ0v) is 12.9. The predicted octanol–water partition coefficient (Wildman–Crippen LogP) is 0.439. The Morgan fingerprint density at radius 2 is 1.91 bits per heavy atom. The molecule has 4 N–H and O–H groups in total. The summed E-state index contributed by atoms with van der Waals surface area (Å²) >= 11 is 0. The van der Waals surface area contributed by atoms with Gasteiger partial charge >= 0.3 is 18.0 Å². The molecule has 0 aliphatic carbocycles. The molecule has 1 atom stereocenters. The fourth-order valence-corrected chi connectivity index (χ4v) is 1.53. The number of urea groups is 1. The van der Waals surface area contributed by atoms with E-state index in [9.17, 15) is 19.5 Å². The molecule has 2 amide bonds. The summed E-state index contributed by atoms with van der Waals surface area (Å²) in [6.45, 7) is 0.529. The van der Waals surface area contributed by atoms with Gasteiger partial charge in [-0.2, -0.15) is 0 Å². The molecule has 0 aliphatic heterocycles. The van der Waals surface area contributed by atoms with E-state index in [2.05, 4.69) is 15.4 Å². The molecule has 9 heteroatoms. The first-order valence-electron chi connectivity index (χ1n) is 6.48. The van der Waals surface area contributed by atoms with Crippen LogP contribution in [0.2, 0.25) is 0 Å². The Labute approximate surface area is 132 Å². The number of hydrogen-bond acceptors (Lipinski definition) is 6. The normalized spacial score (nSPS) is 12.7. The fourth-order valence-electron chi connectivity index (χ4n) is 1.53. The minimum atomic E-state index is -2.11. The predicted molar refractivity (Wildman–Crippen MR) is 79.6 cm³/mol. The first-order valence-corrected chi connectivity index (χ1v) is 6.48. The minimum absolute atomic E-state index is 0.0620. The smallest absolute Gasteiger partial charge is 0.340 e. The quantitative estimate of drug-likeness (QED) is 0.557. The maximum atomic E-state index is 11.8. The van der Waals surface area contributed by atoms with Crippen molar-refractivity contribution >= 4 is 23.7 Å². The Morgan fingerprint density at radius 3 is 2.43 bits per heavy atom. The number of nitrogens with one attached hydrogen (secondary N) is 2. The van der Waals surface area contributed by atoms with Gasteiger partial charge in [0.2, 0.25) is 0 Å². The molecule has 0 saturated carbocycles. The number of esters is 1. The third kappa shape index (κ3) is 4.85. The van der Waals surface area contributed by atoms with Crippen LogP contribution in [-0.2, 0) is 9.53 Å². The van der Waals surface area contributed by atoms with E-state index in [1.54, 1.807) is 0 Å². The van der Waals surface area contributed by atoms with Gasteiger partial charge in [0.1, 0.15) is 5.75 Å². The van der Waals surface area contributed by atoms with Crippen LogP contribution >= 0.6 is 0 Å². The van der Waals surface area contributed by atoms with Gasteiger partial charge in [-0.15, -0.1) is 0 Å². The van der Waals surface area contributed by atoms with Crippen molar-refractivity contribution in [2.24, 2.45) is 0 Å². The molecule has 23 heavy (non-hydrogen) atoms. The van der Waals surface area contributed by atoms with Gasteiger partial charge in [-0.25, -0.2) is 14.4 Å². The molecular formula is C14H18N2O7. The van der Waals surface area contributed by atoms with E-state index in [-0.39, 0.29) is 11.3 Å². The van der Waals surface area contributed by atoms with Gasteiger partial charge in [0.05, 0.1) is 32.0 Å². The van der Waals surface area contributed by atoms with Gasteiger partial charge in [0.15, 0.2) is 5.60 Å². The van der Waals surface area contributed by atoms with Crippen LogP contribution in [0.5, 0.6) is 5.75 Å². The topological polar surface area (TPSA) is 134 Å². The molecule has 0 fully saturated rings. The maximum absolute atomic E-state index is 11.8. The second-order valence-electron chi connectivity index (χ2n) is 4.79. The van der Waals surface area contributed by atoms with Crippen LogP contribution in [0.3, 0.4) is 0 Å². The molecule has 0 heterocycles. The standard InChI is InChI=1S/C14H18N2O7/c1-14(21,12(18)19)7-15-13(20)16-10-5-4-8(22-2)6-9(10)11(17)23-3/h4-6,21H,7H2,1-3H3,(H,18,19)(H2,15,16,20). The molecule has 0 radical (unpaired) electrons. The summed E-state index contributed by atoms with van der Waals surface area (Å²) in [6, 6.07) is 3.55. The molecule has 0 saturated heterocycles. The van der Waals surface area contributed by atoms with Crippen molar-refractivity contribution in [1.29, 1.82) is 0 Å². The molecule has 1 aromatic carbocycles. The maximum Gasteiger partial charge on any atom is 0.340 e. The number of ether oxygens (including phenoxy) is 2. The second kappa shape index (κ2) is 7.45. The number of carbonyl (C=O) groups excluding carboxylic acids is 2. The number of carboxylic acid groups (broad SMARTS) is 1. The summed E-state index contributed by atoms with van der Waals surface area (Å²) in [5, 5.41) is 22.9. The Morgan fingerprint density at radius 1 is 1.26 bits per heavy atom. The zero-order valence-electron chi connectivity index (χ0n) is 12.9. The summed E-state index contributed by atoms with van der Waals surface area (Å²) in [6.07, 6.45) is 0. The number of carbonyl (C=O) groups is 3. The van der Waals surface area contributed by atoms with E-state index in [0.29, 0.717) is 5.75 Å². The number of hydrogen-bond donors (Lipinski definition) is 4. The lowest BCUT2D eigenvalue weighted by atomic mass is 10.1. The average molecular weight is 326 g/mol. The van der Waals surface area contributed by atoms with E-state index >= 15 is 0 Å². The number of aliphatic carboxylic acids is 1. The average Bonchev–Trinajstić information content (AvgIpc) is 2.52. The van der Waals surface area contributed by atoms with Gasteiger partial charge in [0, 0.05) is 0 Å². The van der Waals surface area contributed by atoms with Crippen molar-refractivity contribution < 1.29 is 34.1 Å². The molecule has 0 spiro atoms. The lowest BCUT2D eigenvalue weighted by Gasteiger charge is -2.19. The summed E-state index contributed by atoms with van der Waals surface area (Å²) in [4.78, 5) is 34.3. The molecule has 126 valence electrons. The number of methoxy groups -OCH3 is 2. The summed E-state index contributed by atoms with van der Waals surface area (Å²) in [7, 11) is 2.61. The summed E-state index contributed by atoms with van der Waals surface area (Å²) in [5.74, 6) is -1.76. The molecule has 1 unspecified atom stereocenters. The van der Waals surface area contributed by atoms with Crippen LogP contribution in [0, 0.1) is 0 Å². The summed E-state index contributed by atoms with van der Waals surface area (Å²) < 4.78 is 9.61. The molecule has 0 aromatic heterocycles. The van der Waals surface area contributed by atoms with Crippen LogP contribution in [0.15, 0.2) is 18.2 Å². The Bertz CT molecular complexity index is 613. The number of aliphatic hydroxyl groups is 1. The van der Waals surface area contributed by atoms with Crippen molar-refractivity contribution in [3.8, 4) is 5.75 Å². The van der Waals surface area contributed by atoms with E-state index in [1.165, 1.54) is 32.4 Å². The van der Waals surface area contributed by atoms with E-state index in [4.69, 9.17) is 9.84 Å². The third-order valence-electron chi connectivity index (χ3n) is 2.93. The zero-order chi connectivity index (χ0) is 17.6. The minimum Gasteiger partial charge on any atom is -0.497 e. The van der Waals surface area contributed by atoms with Gasteiger partial charge in [-0.05, 0) is 25.1 Å². The van der Waals surface area contributed by atoms with Crippen LogP contribution in [0.25, 0.3) is 0 Å². The molecule has 9 nitrogen and oxygen atoms in total. The van der Waals surface area contributed by atoms with Crippen molar-refractivity contribution in [1.82, 2.24) is 5.32 Å². The molecular weight excluding hydrogens is 308 g/mol. The van der Waals surface area contributed by atoms with Crippen LogP contribution in [0.1, 0.15) is 17.3 Å². The largest absolute Gasteiger partial charge is 0.497 e. The number of rotatable bonds is 6. The van der Waals surface area contributed by atoms with Crippen LogP contribution < -0.4 is 15.4 Å². The van der Waals surface area contributed by atoms with E-state index in [0.717, 1.165) is 6.92 Å². The van der Waals surface area contributed by atoms with E-state index < -0.39 is 30.1 Å². The van der Waals surface area contributed by atoms with Gasteiger partial charge < -0.3 is 30.3 Å². The highest BCUT2D eigenvalue weighted by atomic mass is 16.5. The Balaban J connectivity index is 2.85. The SMILES string of the molecule is COC(=O)c1cc(OC)ccc1NC(=O)NCC(C)(O)C(=O)O. The number of anilines is 1. The Kier molecular flexibility index (Phi) is 5.91. The lowest BCUT2D eigenvalue weighted by Crippen LogP contribution is -2.47. The molecule has 1 aromatic rings. The second-order valence-corrected chi connectivity index (χ2v) is 4.79. The monoisotopic (exact) mass is 326 g/mol. The first-order chi connectivity index (χ1) is 10.7. The number of amides is 2. The Hall–Kier alpha value is -2.81. The van der Waals surface area contributed by atoms with Crippen molar-refractivity contribution in [3.63, 3.8) is 0 Å². The summed E-state index contributed by atoms with van der Waals surface area (Å²) in [5.41, 5.74) is -1.90. The van der Waals surface area contributed by atoms with Gasteiger partial charge in [-0.3, -0.25) is 0 Å². The molecule has 0 bridgehead atoms. The van der Waals surface area contributed by atoms with Crippen LogP contribution in [0.4, 0.5) is 10.5 Å². The van der Waals surface area contributed by atoms with Crippen molar-refractivity contribution in [3.05, 3.63) is 23.8 Å². The molecule has 0 aliphatic rings. The van der Waals surface area contributed by atoms with Gasteiger partial charge in [-0.1, -0.05) is 0 Å². The lowest BCUT2D eigenvalue weighted by molar-refractivity contribution is -0.155. The highest BCUT2D eigenvalue weighted by molar-refractivity contribution is 6.01. The fraction of sp³-hybridized carbons (Fsp3) is 0.357. The number of benzene rings is 1. The van der Waals surface area contributed by atoms with Crippen molar-refractivity contribution in [2.75, 3.05) is 26.1 Å². The highest BCUT2D eigenvalue weighted by Crippen LogP contribution is 2.22. The highest BCUT2D eigenvalue weighted by Gasteiger charge is 2.30. The first kappa shape index (κ1) is 18.2. The van der Waals surface area contributed by atoms with Crippen molar-refractivity contribution in [2.45, 2.75) is 12.5 Å². The van der Waals surface area contributed by atoms with Gasteiger partial charge in [0.25, 0.3) is 0 Å². The molecule has 1 rings (SSSR count). The number of carboxylic acids is 1. The van der Waals surface area contributed by atoms with Crippen LogP contribution in [-0.4, -0.2) is 54.5 Å². The third-order valence-corrected chi connectivity index (χ3v) is 2.93.